The monoisotopic (exact) mass is 291 g/mol. The Bertz CT molecular complexity index is 776. The molecular formula is C19H17NO2. The Morgan fingerprint density at radius 3 is 2.09 bits per heavy atom. The Morgan fingerprint density at radius 2 is 1.50 bits per heavy atom. The van der Waals surface area contributed by atoms with E-state index in [2.05, 4.69) is 0 Å². The summed E-state index contributed by atoms with van der Waals surface area (Å²) in [6.07, 6.45) is 0. The molecule has 1 atom stereocenters. The van der Waals surface area contributed by atoms with E-state index in [1.54, 1.807) is 6.92 Å². The predicted octanol–water partition coefficient (Wildman–Crippen LogP) is 4.33. The van der Waals surface area contributed by atoms with Crippen LogP contribution in [0.3, 0.4) is 0 Å². The molecule has 0 amide bonds. The molecule has 3 aromatic rings. The van der Waals surface area contributed by atoms with Crippen LogP contribution in [0.25, 0.3) is 16.9 Å². The fourth-order valence-corrected chi connectivity index (χ4v) is 2.62. The van der Waals surface area contributed by atoms with Crippen molar-refractivity contribution in [1.29, 1.82) is 0 Å². The van der Waals surface area contributed by atoms with E-state index in [1.165, 1.54) is 0 Å². The first-order valence-electron chi connectivity index (χ1n) is 7.24. The molecule has 110 valence electrons. The van der Waals surface area contributed by atoms with Crippen molar-refractivity contribution >= 4 is 5.97 Å². The highest BCUT2D eigenvalue weighted by molar-refractivity contribution is 5.76. The summed E-state index contributed by atoms with van der Waals surface area (Å²) in [5, 5.41) is 9.37. The average Bonchev–Trinajstić information content (AvgIpc) is 3.00. The van der Waals surface area contributed by atoms with Crippen LogP contribution in [0.4, 0.5) is 0 Å². The number of aromatic nitrogens is 1. The summed E-state index contributed by atoms with van der Waals surface area (Å²) in [6, 6.07) is 23.7. The molecule has 0 spiro atoms. The maximum absolute atomic E-state index is 11.4. The van der Waals surface area contributed by atoms with Crippen molar-refractivity contribution in [3.05, 3.63) is 78.5 Å². The van der Waals surface area contributed by atoms with Crippen molar-refractivity contribution in [3.8, 4) is 16.9 Å². The first-order valence-corrected chi connectivity index (χ1v) is 7.24. The van der Waals surface area contributed by atoms with Crippen LogP contribution in [0.2, 0.25) is 0 Å². The zero-order valence-electron chi connectivity index (χ0n) is 12.3. The highest BCUT2D eigenvalue weighted by Gasteiger charge is 2.21. The first-order chi connectivity index (χ1) is 10.7. The number of rotatable bonds is 4. The minimum Gasteiger partial charge on any atom is -0.481 e. The van der Waals surface area contributed by atoms with Gasteiger partial charge in [-0.05, 0) is 36.8 Å². The van der Waals surface area contributed by atoms with E-state index in [1.807, 2.05) is 77.4 Å². The van der Waals surface area contributed by atoms with Gasteiger partial charge in [-0.3, -0.25) is 4.79 Å². The Morgan fingerprint density at radius 1 is 0.909 bits per heavy atom. The van der Waals surface area contributed by atoms with Crippen LogP contribution < -0.4 is 0 Å². The van der Waals surface area contributed by atoms with Crippen molar-refractivity contribution < 1.29 is 9.90 Å². The molecule has 0 fully saturated rings. The number of aliphatic carboxylic acids is 1. The molecule has 22 heavy (non-hydrogen) atoms. The molecule has 1 aromatic heterocycles. The van der Waals surface area contributed by atoms with Gasteiger partial charge in [0.1, 0.15) is 0 Å². The van der Waals surface area contributed by atoms with Crippen LogP contribution in [0.15, 0.2) is 72.8 Å². The lowest BCUT2D eigenvalue weighted by Gasteiger charge is -2.16. The molecule has 2 aromatic carbocycles. The van der Waals surface area contributed by atoms with Gasteiger partial charge in [0.15, 0.2) is 0 Å². The van der Waals surface area contributed by atoms with Gasteiger partial charge in [-0.25, -0.2) is 0 Å². The van der Waals surface area contributed by atoms with E-state index in [9.17, 15) is 9.90 Å². The highest BCUT2D eigenvalue weighted by atomic mass is 16.4. The third kappa shape index (κ3) is 2.53. The average molecular weight is 291 g/mol. The number of carbonyl (C=O) groups is 1. The molecule has 1 heterocycles. The Hall–Kier alpha value is -2.81. The molecular weight excluding hydrogens is 274 g/mol. The molecule has 0 saturated heterocycles. The number of hydrogen-bond acceptors (Lipinski definition) is 1. The summed E-state index contributed by atoms with van der Waals surface area (Å²) in [5.41, 5.74) is 3.80. The molecule has 3 nitrogen and oxygen atoms in total. The molecule has 0 saturated carbocycles. The smallest absolute Gasteiger partial charge is 0.312 e. The summed E-state index contributed by atoms with van der Waals surface area (Å²) in [5.74, 6) is -1.40. The summed E-state index contributed by atoms with van der Waals surface area (Å²) >= 11 is 0. The number of nitrogens with zero attached hydrogens (tertiary/aromatic N) is 1. The van der Waals surface area contributed by atoms with Crippen molar-refractivity contribution in [1.82, 2.24) is 4.57 Å². The van der Waals surface area contributed by atoms with Gasteiger partial charge in [0.2, 0.25) is 0 Å². The minimum atomic E-state index is -0.824. The summed E-state index contributed by atoms with van der Waals surface area (Å²) in [4.78, 5) is 11.4. The van der Waals surface area contributed by atoms with E-state index in [0.29, 0.717) is 0 Å². The van der Waals surface area contributed by atoms with Gasteiger partial charge in [-0.15, -0.1) is 0 Å². The molecule has 0 aliphatic carbocycles. The maximum atomic E-state index is 11.4. The molecule has 1 N–H and O–H groups in total. The second-order valence-electron chi connectivity index (χ2n) is 5.24. The maximum Gasteiger partial charge on any atom is 0.312 e. The van der Waals surface area contributed by atoms with Gasteiger partial charge in [0, 0.05) is 11.4 Å². The molecule has 0 bridgehead atoms. The third-order valence-corrected chi connectivity index (χ3v) is 3.81. The first kappa shape index (κ1) is 14.1. The summed E-state index contributed by atoms with van der Waals surface area (Å²) < 4.78 is 2.02. The number of carboxylic acid groups (broad SMARTS) is 1. The predicted molar refractivity (Wildman–Crippen MR) is 87.3 cm³/mol. The Balaban J connectivity index is 2.22. The standard InChI is InChI=1S/C19H17NO2/c1-14(19(21)22)17-12-13-18(15-8-4-2-5-9-15)20(17)16-10-6-3-7-11-16/h2-14H,1H3,(H,21,22). The number of carboxylic acids is 1. The van der Waals surface area contributed by atoms with Crippen LogP contribution in [0, 0.1) is 0 Å². The summed E-state index contributed by atoms with van der Waals surface area (Å²) in [6.45, 7) is 1.71. The summed E-state index contributed by atoms with van der Waals surface area (Å²) in [7, 11) is 0. The molecule has 3 rings (SSSR count). The van der Waals surface area contributed by atoms with Crippen LogP contribution in [0.5, 0.6) is 0 Å². The molecule has 1 unspecified atom stereocenters. The minimum absolute atomic E-state index is 0.572. The molecule has 0 radical (unpaired) electrons. The van der Waals surface area contributed by atoms with Gasteiger partial charge in [0.25, 0.3) is 0 Å². The lowest BCUT2D eigenvalue weighted by Crippen LogP contribution is -2.12. The zero-order valence-corrected chi connectivity index (χ0v) is 12.3. The van der Waals surface area contributed by atoms with Crippen LogP contribution in [-0.2, 0) is 4.79 Å². The molecule has 3 heteroatoms. The molecule has 0 aliphatic heterocycles. The van der Waals surface area contributed by atoms with Crippen molar-refractivity contribution in [2.75, 3.05) is 0 Å². The lowest BCUT2D eigenvalue weighted by atomic mass is 10.1. The second-order valence-corrected chi connectivity index (χ2v) is 5.24. The third-order valence-electron chi connectivity index (χ3n) is 3.81. The van der Waals surface area contributed by atoms with E-state index < -0.39 is 11.9 Å². The van der Waals surface area contributed by atoms with Crippen molar-refractivity contribution in [2.45, 2.75) is 12.8 Å². The van der Waals surface area contributed by atoms with Crippen LogP contribution >= 0.6 is 0 Å². The largest absolute Gasteiger partial charge is 0.481 e. The SMILES string of the molecule is CC(C(=O)O)c1ccc(-c2ccccc2)n1-c1ccccc1. The zero-order chi connectivity index (χ0) is 15.5. The fraction of sp³-hybridized carbons (Fsp3) is 0.105. The molecule has 0 aliphatic rings. The Kier molecular flexibility index (Phi) is 3.79. The van der Waals surface area contributed by atoms with E-state index in [0.717, 1.165) is 22.6 Å². The number of para-hydroxylation sites is 1. The van der Waals surface area contributed by atoms with E-state index >= 15 is 0 Å². The van der Waals surface area contributed by atoms with Gasteiger partial charge >= 0.3 is 5.97 Å². The Labute approximate surface area is 129 Å². The van der Waals surface area contributed by atoms with Crippen LogP contribution in [0.1, 0.15) is 18.5 Å². The highest BCUT2D eigenvalue weighted by Crippen LogP contribution is 2.30. The number of benzene rings is 2. The van der Waals surface area contributed by atoms with E-state index in [4.69, 9.17) is 0 Å². The van der Waals surface area contributed by atoms with Crippen molar-refractivity contribution in [3.63, 3.8) is 0 Å². The van der Waals surface area contributed by atoms with Gasteiger partial charge < -0.3 is 9.67 Å². The van der Waals surface area contributed by atoms with E-state index in [-0.39, 0.29) is 0 Å². The normalized spacial score (nSPS) is 12.0. The van der Waals surface area contributed by atoms with Gasteiger partial charge in [-0.1, -0.05) is 48.5 Å². The second kappa shape index (κ2) is 5.90. The lowest BCUT2D eigenvalue weighted by molar-refractivity contribution is -0.138. The topological polar surface area (TPSA) is 42.2 Å². The van der Waals surface area contributed by atoms with Gasteiger partial charge in [0.05, 0.1) is 11.6 Å². The van der Waals surface area contributed by atoms with Gasteiger partial charge in [-0.2, -0.15) is 0 Å². The quantitative estimate of drug-likeness (QED) is 0.777. The van der Waals surface area contributed by atoms with Crippen molar-refractivity contribution in [2.24, 2.45) is 0 Å². The van der Waals surface area contributed by atoms with Crippen LogP contribution in [-0.4, -0.2) is 15.6 Å². The number of hydrogen-bond donors (Lipinski definition) is 1. The fourth-order valence-electron chi connectivity index (χ4n) is 2.62.